The van der Waals surface area contributed by atoms with Gasteiger partial charge in [0.15, 0.2) is 5.11 Å². The maximum atomic E-state index is 12.0. The van der Waals surface area contributed by atoms with Crippen LogP contribution in [-0.4, -0.2) is 34.3 Å². The fraction of sp³-hybridized carbons (Fsp3) is 0.148. The van der Waals surface area contributed by atoms with Crippen molar-refractivity contribution >= 4 is 69.4 Å². The summed E-state index contributed by atoms with van der Waals surface area (Å²) in [5.41, 5.74) is 3.75. The molecule has 2 atom stereocenters. The molecule has 1 fully saturated rings. The van der Waals surface area contributed by atoms with Crippen LogP contribution in [0.3, 0.4) is 0 Å². The number of methoxy groups -OCH3 is 1. The summed E-state index contributed by atoms with van der Waals surface area (Å²) in [5.74, 6) is -0.300. The fourth-order valence-electron chi connectivity index (χ4n) is 4.54. The summed E-state index contributed by atoms with van der Waals surface area (Å²) >= 11 is 25.2. The molecule has 0 spiro atoms. The number of aromatic nitrogens is 2. The van der Waals surface area contributed by atoms with Crippen molar-refractivity contribution in [1.82, 2.24) is 14.9 Å². The highest BCUT2D eigenvalue weighted by molar-refractivity contribution is 7.80. The molecule has 1 saturated heterocycles. The largest absolute Gasteiger partial charge is 0.375 e. The molecular weight excluding hydrogens is 565 g/mol. The number of pyridine rings is 1. The monoisotopic (exact) mass is 585 g/mol. The number of ether oxygens (including phenoxy) is 1. The number of anilines is 2. The number of carbonyl (C=O) groups excluding carboxylic acids is 1. The van der Waals surface area contributed by atoms with Crippen LogP contribution in [0.15, 0.2) is 79.1 Å². The van der Waals surface area contributed by atoms with Gasteiger partial charge in [-0.15, -0.1) is 0 Å². The average Bonchev–Trinajstić information content (AvgIpc) is 3.50. The molecule has 4 aromatic rings. The van der Waals surface area contributed by atoms with E-state index in [0.29, 0.717) is 25.9 Å². The molecule has 2 aromatic heterocycles. The predicted octanol–water partition coefficient (Wildman–Crippen LogP) is 6.59. The van der Waals surface area contributed by atoms with Gasteiger partial charge < -0.3 is 24.8 Å². The first kappa shape index (κ1) is 26.5. The lowest BCUT2D eigenvalue weighted by Gasteiger charge is -2.29. The van der Waals surface area contributed by atoms with Crippen molar-refractivity contribution in [3.63, 3.8) is 0 Å². The van der Waals surface area contributed by atoms with E-state index in [1.54, 1.807) is 30.5 Å². The van der Waals surface area contributed by atoms with Crippen molar-refractivity contribution < 1.29 is 9.53 Å². The van der Waals surface area contributed by atoms with E-state index >= 15 is 0 Å². The molecule has 11 heteroatoms. The lowest BCUT2D eigenvalue weighted by molar-refractivity contribution is -0.119. The minimum absolute atomic E-state index is 0.0731. The molecule has 2 N–H and O–H groups in total. The highest BCUT2D eigenvalue weighted by atomic mass is 35.5. The maximum Gasteiger partial charge on any atom is 0.250 e. The highest BCUT2D eigenvalue weighted by Gasteiger charge is 2.42. The topological polar surface area (TPSA) is 71.4 Å². The number of halogens is 3. The molecule has 1 aliphatic heterocycles. The number of hydrogen-bond acceptors (Lipinski definition) is 4. The van der Waals surface area contributed by atoms with Crippen LogP contribution in [0, 0.1) is 0 Å². The van der Waals surface area contributed by atoms with Gasteiger partial charge in [0.25, 0.3) is 0 Å². The zero-order valence-electron chi connectivity index (χ0n) is 20.1. The van der Waals surface area contributed by atoms with E-state index in [1.165, 1.54) is 7.11 Å². The number of nitrogens with one attached hydrogen (secondary N) is 2. The summed E-state index contributed by atoms with van der Waals surface area (Å²) in [6, 6.07) is 19.9. The van der Waals surface area contributed by atoms with Crippen LogP contribution in [0.1, 0.15) is 23.5 Å². The van der Waals surface area contributed by atoms with Gasteiger partial charge in [0, 0.05) is 35.9 Å². The number of nitrogens with zero attached hydrogens (tertiary/aromatic N) is 3. The Morgan fingerprint density at radius 2 is 1.92 bits per heavy atom. The Morgan fingerprint density at radius 3 is 2.63 bits per heavy atom. The van der Waals surface area contributed by atoms with Gasteiger partial charge in [-0.2, -0.15) is 0 Å². The summed E-state index contributed by atoms with van der Waals surface area (Å²) < 4.78 is 6.91. The lowest BCUT2D eigenvalue weighted by Crippen LogP contribution is -2.30. The third-order valence-electron chi connectivity index (χ3n) is 6.13. The quantitative estimate of drug-likeness (QED) is 0.238. The van der Waals surface area contributed by atoms with E-state index < -0.39 is 0 Å². The summed E-state index contributed by atoms with van der Waals surface area (Å²) in [6.07, 6.45) is 3.70. The molecule has 3 heterocycles. The lowest BCUT2D eigenvalue weighted by atomic mass is 10.0. The summed E-state index contributed by atoms with van der Waals surface area (Å²) in [6.45, 7) is -0.0731. The Balaban J connectivity index is 1.60. The third kappa shape index (κ3) is 5.23. The van der Waals surface area contributed by atoms with Gasteiger partial charge in [-0.1, -0.05) is 40.9 Å². The number of amides is 1. The Hall–Kier alpha value is -3.14. The number of rotatable bonds is 7. The molecule has 7 nitrogen and oxygen atoms in total. The van der Waals surface area contributed by atoms with Crippen LogP contribution in [0.2, 0.25) is 15.1 Å². The normalized spacial score (nSPS) is 16.9. The zero-order valence-corrected chi connectivity index (χ0v) is 23.2. The van der Waals surface area contributed by atoms with E-state index in [-0.39, 0.29) is 24.6 Å². The van der Waals surface area contributed by atoms with Crippen LogP contribution in [-0.2, 0) is 9.53 Å². The van der Waals surface area contributed by atoms with Crippen molar-refractivity contribution in [2.45, 2.75) is 12.1 Å². The third-order valence-corrected chi connectivity index (χ3v) is 7.30. The Kier molecular flexibility index (Phi) is 7.88. The smallest absolute Gasteiger partial charge is 0.250 e. The average molecular weight is 587 g/mol. The number of hydrogen-bond donors (Lipinski definition) is 2. The maximum absolute atomic E-state index is 12.0. The van der Waals surface area contributed by atoms with E-state index in [9.17, 15) is 4.79 Å². The van der Waals surface area contributed by atoms with Gasteiger partial charge in [0.2, 0.25) is 5.91 Å². The van der Waals surface area contributed by atoms with Crippen LogP contribution in [0.4, 0.5) is 11.4 Å². The zero-order chi connectivity index (χ0) is 26.8. The van der Waals surface area contributed by atoms with E-state index in [2.05, 4.69) is 15.6 Å². The van der Waals surface area contributed by atoms with Gasteiger partial charge in [-0.25, -0.2) is 0 Å². The standard InChI is InChI=1S/C27H22Cl3N5O2S/c1-37-15-24(36)32-20-9-8-17(14-18(20)29)35-26(25(33-27(35)38)21-5-2-3-11-31-21)23-6-4-12-34(23)22-10-7-16(28)13-19(22)30/h2-14,25-26H,15H2,1H3,(H,32,36)(H,33,38)/t25-,26-/m0/s1. The van der Waals surface area contributed by atoms with Gasteiger partial charge in [0.05, 0.1) is 33.2 Å². The molecule has 1 aliphatic rings. The summed E-state index contributed by atoms with van der Waals surface area (Å²) in [4.78, 5) is 18.6. The minimum atomic E-state index is -0.316. The van der Waals surface area contributed by atoms with Gasteiger partial charge in [-0.05, 0) is 72.9 Å². The molecule has 0 unspecified atom stereocenters. The SMILES string of the molecule is COCC(=O)Nc1ccc(N2C(=S)N[C@@H](c3ccccn3)[C@@H]2c2cccn2-c2ccc(Cl)cc2Cl)cc1Cl. The van der Waals surface area contributed by atoms with E-state index in [1.807, 2.05) is 58.1 Å². The number of carbonyl (C=O) groups is 1. The Bertz CT molecular complexity index is 1500. The van der Waals surface area contributed by atoms with E-state index in [4.69, 9.17) is 51.8 Å². The van der Waals surface area contributed by atoms with Crippen LogP contribution in [0.25, 0.3) is 5.69 Å². The molecule has 38 heavy (non-hydrogen) atoms. The van der Waals surface area contributed by atoms with E-state index in [0.717, 1.165) is 22.8 Å². The second-order valence-electron chi connectivity index (χ2n) is 8.54. The number of thiocarbonyl (C=S) groups is 1. The van der Waals surface area contributed by atoms with Gasteiger partial charge in [0.1, 0.15) is 12.6 Å². The van der Waals surface area contributed by atoms with Crippen LogP contribution in [0.5, 0.6) is 0 Å². The second-order valence-corrected chi connectivity index (χ2v) is 10.2. The molecule has 0 bridgehead atoms. The first-order chi connectivity index (χ1) is 18.4. The fourth-order valence-corrected chi connectivity index (χ4v) is 5.60. The predicted molar refractivity (Wildman–Crippen MR) is 156 cm³/mol. The van der Waals surface area contributed by atoms with Crippen molar-refractivity contribution in [3.8, 4) is 5.69 Å². The van der Waals surface area contributed by atoms with Crippen molar-refractivity contribution in [3.05, 3.63) is 106 Å². The first-order valence-electron chi connectivity index (χ1n) is 11.6. The Morgan fingerprint density at radius 1 is 1.08 bits per heavy atom. The van der Waals surface area contributed by atoms with Crippen LogP contribution >= 0.6 is 47.0 Å². The molecule has 1 amide bonds. The molecular formula is C27H22Cl3N5O2S. The Labute approximate surface area is 240 Å². The molecule has 0 saturated carbocycles. The van der Waals surface area contributed by atoms with Gasteiger partial charge in [-0.3, -0.25) is 9.78 Å². The first-order valence-corrected chi connectivity index (χ1v) is 13.1. The summed E-state index contributed by atoms with van der Waals surface area (Å²) in [5, 5.41) is 8.14. The molecule has 194 valence electrons. The van der Waals surface area contributed by atoms with Crippen molar-refractivity contribution in [1.29, 1.82) is 0 Å². The molecule has 2 aromatic carbocycles. The second kappa shape index (κ2) is 11.3. The van der Waals surface area contributed by atoms with Gasteiger partial charge >= 0.3 is 0 Å². The van der Waals surface area contributed by atoms with Crippen molar-refractivity contribution in [2.75, 3.05) is 23.9 Å². The molecule has 5 rings (SSSR count). The highest BCUT2D eigenvalue weighted by Crippen LogP contribution is 2.44. The summed E-state index contributed by atoms with van der Waals surface area (Å²) in [7, 11) is 1.46. The molecule has 0 radical (unpaired) electrons. The van der Waals surface area contributed by atoms with Crippen molar-refractivity contribution in [2.24, 2.45) is 0 Å². The number of benzene rings is 2. The molecule has 0 aliphatic carbocycles. The van der Waals surface area contributed by atoms with Crippen LogP contribution < -0.4 is 15.5 Å². The minimum Gasteiger partial charge on any atom is -0.375 e.